The van der Waals surface area contributed by atoms with Crippen LogP contribution >= 0.6 is 0 Å². The largest absolute Gasteiger partial charge is 0.489 e. The lowest BCUT2D eigenvalue weighted by molar-refractivity contribution is -0.115. The third kappa shape index (κ3) is 21.5. The zero-order chi connectivity index (χ0) is 65.7. The van der Waals surface area contributed by atoms with Crippen molar-refractivity contribution >= 4 is 63.4 Å². The van der Waals surface area contributed by atoms with E-state index in [0.717, 1.165) is 202 Å². The molecule has 0 spiro atoms. The van der Waals surface area contributed by atoms with Crippen LogP contribution in [0.15, 0.2) is 134 Å². The van der Waals surface area contributed by atoms with Crippen molar-refractivity contribution in [3.05, 3.63) is 151 Å². The van der Waals surface area contributed by atoms with Gasteiger partial charge >= 0.3 is 0 Å². The number of aromatic nitrogens is 6. The van der Waals surface area contributed by atoms with Crippen LogP contribution in [0.1, 0.15) is 109 Å². The number of nitrogens with one attached hydrogen (secondary N) is 3. The topological polar surface area (TPSA) is 213 Å². The van der Waals surface area contributed by atoms with Gasteiger partial charge in [-0.2, -0.15) is 0 Å². The fourth-order valence-electron chi connectivity index (χ4n) is 12.4. The Morgan fingerprint density at radius 1 is 0.532 bits per heavy atom. The van der Waals surface area contributed by atoms with Crippen molar-refractivity contribution in [3.8, 4) is 5.75 Å². The van der Waals surface area contributed by atoms with Gasteiger partial charge in [0.25, 0.3) is 0 Å². The van der Waals surface area contributed by atoms with Gasteiger partial charge in [-0.3, -0.25) is 9.78 Å². The summed E-state index contributed by atoms with van der Waals surface area (Å²) >= 11 is 0. The summed E-state index contributed by atoms with van der Waals surface area (Å²) in [5.41, 5.74) is 14.8. The van der Waals surface area contributed by atoms with Gasteiger partial charge in [-0.05, 0) is 101 Å². The van der Waals surface area contributed by atoms with Crippen LogP contribution in [0.2, 0.25) is 0 Å². The zero-order valence-electron chi connectivity index (χ0n) is 56.5. The van der Waals surface area contributed by atoms with Gasteiger partial charge in [0.2, 0.25) is 5.91 Å². The molecule has 512 valence electrons. The molecular weight excluding hydrogens is 1180 g/mol. The smallest absolute Gasteiger partial charge is 0.228 e. The van der Waals surface area contributed by atoms with E-state index < -0.39 is 0 Å². The van der Waals surface area contributed by atoms with Gasteiger partial charge < -0.3 is 70.0 Å². The van der Waals surface area contributed by atoms with Crippen LogP contribution in [0.5, 0.6) is 5.75 Å². The summed E-state index contributed by atoms with van der Waals surface area (Å²) in [6.45, 7) is 28.5. The van der Waals surface area contributed by atoms with Crippen LogP contribution in [0.25, 0.3) is 0 Å². The molecule has 21 nitrogen and oxygen atoms in total. The quantitative estimate of drug-likeness (QED) is 0.0797. The molecule has 1 aromatic carbocycles. The number of anilines is 10. The normalized spacial score (nSPS) is 18.5. The molecular formula is C73H110N16O5. The Bertz CT molecular complexity index is 3350. The summed E-state index contributed by atoms with van der Waals surface area (Å²) in [4.78, 5) is 52.0. The number of hydrogen-bond donors (Lipinski definition) is 4. The molecule has 6 saturated heterocycles. The molecule has 0 bridgehead atoms. The minimum Gasteiger partial charge on any atom is -0.489 e. The van der Waals surface area contributed by atoms with E-state index in [1.54, 1.807) is 12.4 Å². The molecule has 7 aliphatic heterocycles. The molecule has 5 N–H and O–H groups in total. The van der Waals surface area contributed by atoms with Gasteiger partial charge in [-0.15, -0.1) is 0 Å². The highest BCUT2D eigenvalue weighted by Gasteiger charge is 2.25. The molecule has 94 heavy (non-hydrogen) atoms. The summed E-state index contributed by atoms with van der Waals surface area (Å²) < 4.78 is 22.0. The van der Waals surface area contributed by atoms with E-state index in [4.69, 9.17) is 29.7 Å². The Balaban J connectivity index is 0.000000240. The lowest BCUT2D eigenvalue weighted by Crippen LogP contribution is -2.42. The van der Waals surface area contributed by atoms with E-state index >= 15 is 0 Å². The van der Waals surface area contributed by atoms with Crippen molar-refractivity contribution in [1.29, 1.82) is 0 Å². The molecule has 14 rings (SSSR count). The van der Waals surface area contributed by atoms with Gasteiger partial charge in [0, 0.05) is 186 Å². The van der Waals surface area contributed by atoms with Crippen LogP contribution < -0.4 is 55.8 Å². The standard InChI is InChI=1S/C26H31N5O.C22H31N5O2.C12H15N3O.C9H13N3O.2C2H6.4H2/c1-2-5-21(6-3-1)17-22-8-9-26(28-19-22)31-12-4-7-23(20-31)29-25-18-24(10-11-27-25)30-13-15-32-16-14-30;1-17(2)29-21-12-20(14-23-15-21)27-7-3-4-18(16-27)25-22-13-19(5-6-24-22)26-8-10-28-11-9-26;16-12-6-9-8-13-11(7-10(9)14-12)15-4-2-1-3-5-15;10-9-7-8(1-2-11-9)12-3-5-13-6-4-12;2*1-2;;;;/h1-3,5-6,8-11,18-19,23H,4,7,12-17,20H2,(H,27,29);5-6,12-15,17-18H,3-4,7-11,16H2,1-2H3,(H,24,25);7-8H,1-6H2,(H,14,16);1-2,7H,3-6H2,(H2,10,11);2*1-2H3;4*1H/t23-;18-;;;;;;;;/m11......../s1. The molecule has 7 aromatic rings. The monoisotopic (exact) mass is 1290 g/mol. The number of amides is 1. The molecule has 2 atom stereocenters. The molecule has 7 aliphatic rings. The second-order valence-electron chi connectivity index (χ2n) is 24.1. The number of fused-ring (bicyclic) bond motifs is 1. The molecule has 0 radical (unpaired) electrons. The number of carbonyl (C=O) groups excluding carboxylic acids is 1. The van der Waals surface area contributed by atoms with Crippen LogP contribution in [0.3, 0.4) is 0 Å². The van der Waals surface area contributed by atoms with E-state index in [9.17, 15) is 4.79 Å². The molecule has 13 heterocycles. The Labute approximate surface area is 564 Å². The third-order valence-corrected chi connectivity index (χ3v) is 17.0. The van der Waals surface area contributed by atoms with Crippen molar-refractivity contribution in [2.24, 2.45) is 0 Å². The predicted octanol–water partition coefficient (Wildman–Crippen LogP) is 12.3. The lowest BCUT2D eigenvalue weighted by atomic mass is 10.0. The number of hydrogen-bond acceptors (Lipinski definition) is 20. The van der Waals surface area contributed by atoms with Gasteiger partial charge in [-0.25, -0.2) is 24.9 Å². The lowest BCUT2D eigenvalue weighted by Gasteiger charge is -2.35. The summed E-state index contributed by atoms with van der Waals surface area (Å²) in [5.74, 6) is 5.43. The van der Waals surface area contributed by atoms with Crippen molar-refractivity contribution < 1.29 is 29.4 Å². The molecule has 21 heteroatoms. The number of ether oxygens (including phenoxy) is 4. The second-order valence-corrected chi connectivity index (χ2v) is 24.1. The number of rotatable bonds is 14. The zero-order valence-corrected chi connectivity index (χ0v) is 56.5. The van der Waals surface area contributed by atoms with Crippen molar-refractivity contribution in [1.82, 2.24) is 29.9 Å². The number of nitrogens with two attached hydrogens (primary N) is 1. The highest BCUT2D eigenvalue weighted by atomic mass is 16.5. The van der Waals surface area contributed by atoms with E-state index in [2.05, 4.69) is 143 Å². The second kappa shape index (κ2) is 37.4. The average molecular weight is 1290 g/mol. The molecule has 0 unspecified atom stereocenters. The minimum atomic E-state index is 0. The maximum atomic E-state index is 11.2. The van der Waals surface area contributed by atoms with Crippen LogP contribution in [0, 0.1) is 0 Å². The summed E-state index contributed by atoms with van der Waals surface area (Å²) in [6.07, 6.45) is 23.0. The Morgan fingerprint density at radius 2 is 1.07 bits per heavy atom. The Morgan fingerprint density at radius 3 is 1.64 bits per heavy atom. The molecule has 0 aliphatic carbocycles. The van der Waals surface area contributed by atoms with Gasteiger partial charge in [0.15, 0.2) is 0 Å². The summed E-state index contributed by atoms with van der Waals surface area (Å²) in [6, 6.07) is 32.1. The average Bonchev–Trinajstić information content (AvgIpc) is 1.75. The number of nitrogens with zero attached hydrogens (tertiary/aromatic N) is 12. The van der Waals surface area contributed by atoms with E-state index in [1.807, 2.05) is 90.7 Å². The third-order valence-electron chi connectivity index (χ3n) is 17.0. The first-order chi connectivity index (χ1) is 46.2. The highest BCUT2D eigenvalue weighted by Crippen LogP contribution is 2.30. The summed E-state index contributed by atoms with van der Waals surface area (Å²) in [7, 11) is 0. The number of morpholine rings is 3. The van der Waals surface area contributed by atoms with Crippen molar-refractivity contribution in [2.75, 3.05) is 169 Å². The van der Waals surface area contributed by atoms with E-state index in [-0.39, 0.29) is 17.7 Å². The SMILES string of the molecule is CC.CC.CC(C)Oc1cncc(N2CCC[C@@H](Nc3cc(N4CCOCC4)ccn3)C2)c1.Nc1cc(N2CCOCC2)ccn1.O=C1Cc2cnc(N3CCCCC3)cc2N1.[HH].[HH].[HH].[HH].c1ccc(Cc2ccc(N3CCC[C@@H](Nc4cc(N5CCOCC5)ccn4)C3)nc2)cc1. The highest BCUT2D eigenvalue weighted by molar-refractivity contribution is 5.99. The van der Waals surface area contributed by atoms with Crippen LogP contribution in [0.4, 0.5) is 57.5 Å². The fraction of sp³-hybridized carbons (Fsp3) is 0.493. The van der Waals surface area contributed by atoms with E-state index in [1.165, 1.54) is 41.8 Å². The maximum Gasteiger partial charge on any atom is 0.228 e. The first-order valence-electron chi connectivity index (χ1n) is 34.5. The van der Waals surface area contributed by atoms with E-state index in [0.29, 0.717) is 24.3 Å². The number of nitrogen functional groups attached to an aromatic ring is 1. The van der Waals surface area contributed by atoms with Crippen LogP contribution in [-0.4, -0.2) is 172 Å². The van der Waals surface area contributed by atoms with Crippen LogP contribution in [-0.2, 0) is 31.8 Å². The Kier molecular flexibility index (Phi) is 27.8. The molecule has 6 aromatic heterocycles. The van der Waals surface area contributed by atoms with Gasteiger partial charge in [0.05, 0.1) is 70.2 Å². The molecule has 0 saturated carbocycles. The minimum absolute atomic E-state index is 0. The Hall–Kier alpha value is -8.53. The number of pyridine rings is 6. The molecule has 6 fully saturated rings. The predicted molar refractivity (Wildman–Crippen MR) is 391 cm³/mol. The number of carbonyl (C=O) groups is 1. The maximum absolute atomic E-state index is 11.2. The number of benzene rings is 1. The first kappa shape index (κ1) is 69.8. The van der Waals surface area contributed by atoms with Gasteiger partial charge in [0.1, 0.15) is 34.8 Å². The van der Waals surface area contributed by atoms with Crippen molar-refractivity contribution in [3.63, 3.8) is 0 Å². The first-order valence-corrected chi connectivity index (χ1v) is 34.5. The van der Waals surface area contributed by atoms with Gasteiger partial charge in [-0.1, -0.05) is 64.1 Å². The molecule has 1 amide bonds. The fourth-order valence-corrected chi connectivity index (χ4v) is 12.4. The number of piperidine rings is 3. The summed E-state index contributed by atoms with van der Waals surface area (Å²) in [5, 5.41) is 10.2. The van der Waals surface area contributed by atoms with Crippen molar-refractivity contribution in [2.45, 2.75) is 118 Å².